The monoisotopic (exact) mass is 479 g/mol. The second-order valence-corrected chi connectivity index (χ2v) is 11.8. The summed E-state index contributed by atoms with van der Waals surface area (Å²) >= 11 is 0. The van der Waals surface area contributed by atoms with Gasteiger partial charge < -0.3 is 20.1 Å². The summed E-state index contributed by atoms with van der Waals surface area (Å²) in [5, 5.41) is 7.40. The molecule has 4 rings (SSSR count). The van der Waals surface area contributed by atoms with Crippen molar-refractivity contribution in [2.75, 3.05) is 50.0 Å². The Hall–Kier alpha value is -1.16. The van der Waals surface area contributed by atoms with Crippen molar-refractivity contribution in [3.63, 3.8) is 0 Å². The van der Waals surface area contributed by atoms with Crippen molar-refractivity contribution < 1.29 is 31.7 Å². The molecule has 2 bridgehead atoms. The van der Waals surface area contributed by atoms with Gasteiger partial charge >= 0.3 is 6.03 Å². The minimum Gasteiger partial charge on any atom is -0.724 e. The van der Waals surface area contributed by atoms with E-state index in [0.29, 0.717) is 41.3 Å². The number of carbonyl (C=O) groups is 2. The molecule has 4 heterocycles. The van der Waals surface area contributed by atoms with E-state index >= 15 is 0 Å². The lowest BCUT2D eigenvalue weighted by Crippen LogP contribution is -2.50. The third-order valence-electron chi connectivity index (χ3n) is 6.17. The van der Waals surface area contributed by atoms with Crippen molar-refractivity contribution in [2.24, 2.45) is 5.92 Å². The Morgan fingerprint density at radius 3 is 2.81 bits per heavy atom. The molecule has 4 aliphatic rings. The van der Waals surface area contributed by atoms with E-state index in [2.05, 4.69) is 20.4 Å². The molecule has 4 atom stereocenters. The van der Waals surface area contributed by atoms with E-state index in [4.69, 9.17) is 4.84 Å². The summed E-state index contributed by atoms with van der Waals surface area (Å²) in [4.78, 5) is 31.5. The van der Waals surface area contributed by atoms with Crippen LogP contribution in [0.3, 0.4) is 0 Å². The molecule has 12 nitrogen and oxygen atoms in total. The summed E-state index contributed by atoms with van der Waals surface area (Å²) < 4.78 is 36.8. The van der Waals surface area contributed by atoms with Crippen molar-refractivity contribution in [2.45, 2.75) is 37.4 Å². The normalized spacial score (nSPS) is 32.0. The number of piperidine rings is 1. The van der Waals surface area contributed by atoms with E-state index in [1.807, 2.05) is 0 Å². The second kappa shape index (κ2) is 9.77. The highest BCUT2D eigenvalue weighted by atomic mass is 32.3. The summed E-state index contributed by atoms with van der Waals surface area (Å²) in [5.41, 5.74) is 2.42. The number of hydrogen-bond acceptors (Lipinski definition) is 9. The first-order valence-corrected chi connectivity index (χ1v) is 13.6. The number of nitrogens with zero attached hydrogens (tertiary/aromatic N) is 2. The van der Waals surface area contributed by atoms with Gasteiger partial charge in [-0.25, -0.2) is 18.7 Å². The molecule has 0 aromatic heterocycles. The maximum absolute atomic E-state index is 12.5. The van der Waals surface area contributed by atoms with Crippen molar-refractivity contribution in [3.8, 4) is 0 Å². The Kier molecular flexibility index (Phi) is 7.25. The van der Waals surface area contributed by atoms with E-state index in [9.17, 15) is 22.6 Å². The van der Waals surface area contributed by atoms with Gasteiger partial charge in [0.05, 0.1) is 12.6 Å². The van der Waals surface area contributed by atoms with Gasteiger partial charge in [-0.15, -0.1) is 0 Å². The minimum absolute atomic E-state index is 0.121. The van der Waals surface area contributed by atoms with Crippen molar-refractivity contribution >= 4 is 33.2 Å². The Bertz CT molecular complexity index is 779. The van der Waals surface area contributed by atoms with Gasteiger partial charge in [0.2, 0.25) is 10.4 Å². The first-order valence-electron chi connectivity index (χ1n) is 10.6. The molecule has 4 aliphatic heterocycles. The van der Waals surface area contributed by atoms with Crippen LogP contribution in [0.1, 0.15) is 19.3 Å². The molecule has 14 heteroatoms. The summed E-state index contributed by atoms with van der Waals surface area (Å²) in [6, 6.07) is -1.99. The van der Waals surface area contributed by atoms with Crippen LogP contribution in [-0.4, -0.2) is 103 Å². The topological polar surface area (TPSA) is 152 Å². The number of carbonyl (C=O) groups excluding carboxylic acids is 2. The van der Waals surface area contributed by atoms with Gasteiger partial charge in [0, 0.05) is 38.1 Å². The van der Waals surface area contributed by atoms with Crippen LogP contribution in [0.4, 0.5) is 4.79 Å². The molecule has 0 radical (unpaired) electrons. The molecule has 4 saturated heterocycles. The Balaban J connectivity index is 1.19. The van der Waals surface area contributed by atoms with Crippen LogP contribution in [0.2, 0.25) is 0 Å². The van der Waals surface area contributed by atoms with E-state index in [0.717, 1.165) is 26.1 Å². The van der Waals surface area contributed by atoms with Gasteiger partial charge in [0.15, 0.2) is 0 Å². The number of nitrogens with one attached hydrogen (secondary N) is 3. The van der Waals surface area contributed by atoms with Gasteiger partial charge in [-0.3, -0.25) is 9.63 Å². The van der Waals surface area contributed by atoms with Crippen LogP contribution in [0.15, 0.2) is 0 Å². The summed E-state index contributed by atoms with van der Waals surface area (Å²) in [7, 11) is -4.56. The second-order valence-electron chi connectivity index (χ2n) is 8.41. The minimum atomic E-state index is -5.06. The molecule has 3 N–H and O–H groups in total. The fraction of sp³-hybridized carbons (Fsp3) is 0.882. The predicted molar refractivity (Wildman–Crippen MR) is 110 cm³/mol. The lowest BCUT2D eigenvalue weighted by molar-refractivity contribution is -0.139. The first-order chi connectivity index (χ1) is 14.8. The number of hydrogen-bond donors (Lipinski definition) is 3. The molecule has 0 aliphatic carbocycles. The van der Waals surface area contributed by atoms with E-state index in [1.165, 1.54) is 22.2 Å². The molecule has 3 amide bonds. The fourth-order valence-corrected chi connectivity index (χ4v) is 7.41. The van der Waals surface area contributed by atoms with E-state index in [-0.39, 0.29) is 12.6 Å². The van der Waals surface area contributed by atoms with Crippen LogP contribution >= 0.6 is 0 Å². The maximum Gasteiger partial charge on any atom is 0.346 e. The van der Waals surface area contributed by atoms with Crippen molar-refractivity contribution in [3.05, 3.63) is 0 Å². The maximum atomic E-state index is 12.5. The Morgan fingerprint density at radius 1 is 1.29 bits per heavy atom. The SMILES string of the molecule is O=C(NOC[C@H]1C[C@H](C[S+]2CCNCC2)CN1)[C@@H]1CC[C@@H]2CN1C(=O)N2OS(=O)(=O)[O-]. The molecular formula is C17H29N5O7S2. The zero-order valence-corrected chi connectivity index (χ0v) is 18.8. The molecule has 0 unspecified atom stereocenters. The third-order valence-corrected chi connectivity index (χ3v) is 9.02. The standard InChI is InChI=1S/C17H29N5O7S2/c23-16(15-2-1-14-9-21(15)17(24)22(14)29-31(25,26)27)20-28-10-13-7-12(8-19-13)11-30-5-3-18-4-6-30/h12-15,18-19H,1-11H2,(H-,20,23,25,26,27)/t12-,13+,14+,15-/m0/s1. The first kappa shape index (κ1) is 23.0. The number of urea groups is 1. The average Bonchev–Trinajstić information content (AvgIpc) is 3.26. The van der Waals surface area contributed by atoms with Crippen molar-refractivity contribution in [1.29, 1.82) is 0 Å². The molecule has 0 spiro atoms. The number of fused-ring (bicyclic) bond motifs is 2. The average molecular weight is 480 g/mol. The number of amides is 3. The summed E-state index contributed by atoms with van der Waals surface area (Å²) in [6.45, 7) is 3.64. The summed E-state index contributed by atoms with van der Waals surface area (Å²) in [6.07, 6.45) is 1.68. The Labute approximate surface area is 184 Å². The van der Waals surface area contributed by atoms with Crippen molar-refractivity contribution in [1.82, 2.24) is 26.1 Å². The quantitative estimate of drug-likeness (QED) is 0.154. The van der Waals surface area contributed by atoms with Gasteiger partial charge in [-0.2, -0.15) is 9.35 Å². The van der Waals surface area contributed by atoms with Gasteiger partial charge in [0.25, 0.3) is 5.91 Å². The van der Waals surface area contributed by atoms with Gasteiger partial charge in [-0.05, 0) is 30.2 Å². The van der Waals surface area contributed by atoms with Crippen LogP contribution in [0, 0.1) is 5.92 Å². The molecule has 31 heavy (non-hydrogen) atoms. The number of hydroxylamine groups is 3. The predicted octanol–water partition coefficient (Wildman–Crippen LogP) is -2.11. The molecular weight excluding hydrogens is 450 g/mol. The van der Waals surface area contributed by atoms with Gasteiger partial charge in [0.1, 0.15) is 23.3 Å². The highest BCUT2D eigenvalue weighted by molar-refractivity contribution is 7.96. The molecule has 0 aromatic rings. The highest BCUT2D eigenvalue weighted by Crippen LogP contribution is 2.30. The number of rotatable bonds is 8. The molecule has 0 saturated carbocycles. The third kappa shape index (κ3) is 5.80. The van der Waals surface area contributed by atoms with Crippen LogP contribution in [0.5, 0.6) is 0 Å². The van der Waals surface area contributed by atoms with Crippen LogP contribution in [0.25, 0.3) is 0 Å². The van der Waals surface area contributed by atoms with E-state index in [1.54, 1.807) is 0 Å². The van der Waals surface area contributed by atoms with Crippen LogP contribution in [-0.2, 0) is 35.2 Å². The Morgan fingerprint density at radius 2 is 2.06 bits per heavy atom. The lowest BCUT2D eigenvalue weighted by Gasteiger charge is -2.29. The lowest BCUT2D eigenvalue weighted by atomic mass is 10.0. The molecule has 0 aromatic carbocycles. The smallest absolute Gasteiger partial charge is 0.346 e. The largest absolute Gasteiger partial charge is 0.724 e. The zero-order valence-electron chi connectivity index (χ0n) is 17.2. The summed E-state index contributed by atoms with van der Waals surface area (Å²) in [5.74, 6) is 3.93. The fourth-order valence-electron chi connectivity index (χ4n) is 4.70. The zero-order chi connectivity index (χ0) is 22.0. The van der Waals surface area contributed by atoms with Gasteiger partial charge in [-0.1, -0.05) is 0 Å². The highest BCUT2D eigenvalue weighted by Gasteiger charge is 2.48. The van der Waals surface area contributed by atoms with Crippen LogP contribution < -0.4 is 16.1 Å². The molecule has 176 valence electrons. The molecule has 4 fully saturated rings. The van der Waals surface area contributed by atoms with E-state index < -0.39 is 34.4 Å².